The minimum Gasteiger partial charge on any atom is -0.283 e. The maximum Gasteiger partial charge on any atom is 0.265 e. The van der Waals surface area contributed by atoms with Crippen molar-refractivity contribution in [1.29, 1.82) is 0 Å². The average Bonchev–Trinajstić information content (AvgIpc) is 3.31. The molecule has 0 radical (unpaired) electrons. The van der Waals surface area contributed by atoms with E-state index in [1.807, 2.05) is 73.7 Å². The lowest BCUT2D eigenvalue weighted by Crippen LogP contribution is -2.43. The van der Waals surface area contributed by atoms with Crippen molar-refractivity contribution in [3.63, 3.8) is 0 Å². The highest BCUT2D eigenvalue weighted by Gasteiger charge is 2.35. The number of aliphatic imine (C=N–C) groups is 1. The first-order chi connectivity index (χ1) is 19.0. The number of hydrogen-bond acceptors (Lipinski definition) is 4. The normalized spacial score (nSPS) is 15.0. The summed E-state index contributed by atoms with van der Waals surface area (Å²) in [5, 5.41) is 0.866. The monoisotopic (exact) mass is 511 g/mol. The molecular weight excluding hydrogens is 486 g/mol. The van der Waals surface area contributed by atoms with E-state index in [0.717, 1.165) is 22.0 Å². The van der Waals surface area contributed by atoms with E-state index in [4.69, 9.17) is 4.99 Å². The van der Waals surface area contributed by atoms with E-state index in [9.17, 15) is 14.4 Å². The molecule has 0 spiro atoms. The van der Waals surface area contributed by atoms with Crippen molar-refractivity contribution in [3.05, 3.63) is 138 Å². The van der Waals surface area contributed by atoms with Crippen LogP contribution in [0, 0.1) is 0 Å². The van der Waals surface area contributed by atoms with Crippen LogP contribution in [0.1, 0.15) is 38.8 Å². The fourth-order valence-electron chi connectivity index (χ4n) is 5.16. The van der Waals surface area contributed by atoms with Gasteiger partial charge < -0.3 is 0 Å². The largest absolute Gasteiger partial charge is 0.283 e. The Morgan fingerprint density at radius 2 is 1.33 bits per heavy atom. The Hall–Kier alpha value is -5.10. The maximum absolute atomic E-state index is 14.1. The molecule has 0 aliphatic carbocycles. The number of benzodiazepines with no additional fused rings is 1. The lowest BCUT2D eigenvalue weighted by Gasteiger charge is -2.23. The van der Waals surface area contributed by atoms with Crippen LogP contribution < -0.4 is 4.90 Å². The van der Waals surface area contributed by atoms with E-state index in [1.54, 1.807) is 53.2 Å². The third-order valence-electron chi connectivity index (χ3n) is 7.06. The molecule has 2 heterocycles. The van der Waals surface area contributed by atoms with Gasteiger partial charge in [-0.05, 0) is 48.9 Å². The van der Waals surface area contributed by atoms with Gasteiger partial charge in [0.2, 0.25) is 0 Å². The summed E-state index contributed by atoms with van der Waals surface area (Å²) in [6.07, 6.45) is 2.03. The van der Waals surface area contributed by atoms with E-state index in [1.165, 1.54) is 4.90 Å². The molecule has 5 aromatic rings. The van der Waals surface area contributed by atoms with Gasteiger partial charge in [0.15, 0.2) is 0 Å². The fourth-order valence-corrected chi connectivity index (χ4v) is 5.16. The highest BCUT2D eigenvalue weighted by molar-refractivity contribution is 6.26. The first kappa shape index (κ1) is 24.2. The fraction of sp³-hybridized carbons (Fsp3) is 0.0909. The molecule has 6 rings (SSSR count). The van der Waals surface area contributed by atoms with Gasteiger partial charge in [-0.1, -0.05) is 72.8 Å². The van der Waals surface area contributed by atoms with Gasteiger partial charge in [0.25, 0.3) is 17.7 Å². The van der Waals surface area contributed by atoms with Crippen LogP contribution >= 0.6 is 0 Å². The molecule has 2 amide bonds. The Balaban J connectivity index is 1.43. The predicted octanol–water partition coefficient (Wildman–Crippen LogP) is 5.94. The van der Waals surface area contributed by atoms with Crippen LogP contribution in [-0.2, 0) is 11.2 Å². The number of aromatic nitrogens is 1. The number of anilines is 1. The molecule has 1 aliphatic heterocycles. The van der Waals surface area contributed by atoms with Gasteiger partial charge in [-0.15, -0.1) is 0 Å². The summed E-state index contributed by atoms with van der Waals surface area (Å²) in [6.45, 7) is 1.86. The molecule has 1 unspecified atom stereocenters. The van der Waals surface area contributed by atoms with Gasteiger partial charge in [-0.25, -0.2) is 4.90 Å². The highest BCUT2D eigenvalue weighted by Crippen LogP contribution is 2.30. The number of carbonyl (C=O) groups excluding carboxylic acids is 3. The first-order valence-corrected chi connectivity index (χ1v) is 12.8. The predicted molar refractivity (Wildman–Crippen MR) is 153 cm³/mol. The number of para-hydroxylation sites is 2. The third-order valence-corrected chi connectivity index (χ3v) is 7.06. The molecule has 6 heteroatoms. The molecule has 190 valence electrons. The first-order valence-electron chi connectivity index (χ1n) is 12.8. The zero-order valence-corrected chi connectivity index (χ0v) is 21.3. The van der Waals surface area contributed by atoms with Crippen LogP contribution in [0.4, 0.5) is 5.69 Å². The number of nitrogens with zero attached hydrogens (tertiary/aromatic N) is 3. The van der Waals surface area contributed by atoms with Crippen LogP contribution in [0.3, 0.4) is 0 Å². The van der Waals surface area contributed by atoms with Crippen molar-refractivity contribution >= 4 is 40.0 Å². The van der Waals surface area contributed by atoms with Gasteiger partial charge in [0.1, 0.15) is 6.04 Å². The number of amides is 2. The van der Waals surface area contributed by atoms with E-state index in [-0.39, 0.29) is 12.3 Å². The van der Waals surface area contributed by atoms with Crippen LogP contribution in [0.25, 0.3) is 10.9 Å². The molecule has 1 atom stereocenters. The summed E-state index contributed by atoms with van der Waals surface area (Å²) in [5.74, 6) is -0.956. The Morgan fingerprint density at radius 3 is 2.05 bits per heavy atom. The molecule has 6 nitrogen and oxygen atoms in total. The van der Waals surface area contributed by atoms with Crippen molar-refractivity contribution in [2.75, 3.05) is 4.90 Å². The van der Waals surface area contributed by atoms with Crippen molar-refractivity contribution in [1.82, 2.24) is 4.57 Å². The molecule has 0 saturated carbocycles. The topological polar surface area (TPSA) is 71.7 Å². The van der Waals surface area contributed by atoms with Crippen LogP contribution in [0.5, 0.6) is 0 Å². The maximum atomic E-state index is 14.1. The SMILES string of the molecule is CC1=NC(Cc2cn(C(=O)c3ccccc3)c3ccccc23)C(=O)N(C(=O)c2ccccc2)c2ccccc21. The molecule has 1 aliphatic rings. The van der Waals surface area contributed by atoms with Gasteiger partial charge in [-0.2, -0.15) is 0 Å². The molecule has 0 fully saturated rings. The highest BCUT2D eigenvalue weighted by atomic mass is 16.2. The number of hydrogen-bond donors (Lipinski definition) is 0. The molecule has 1 aromatic heterocycles. The zero-order valence-electron chi connectivity index (χ0n) is 21.3. The molecule has 0 N–H and O–H groups in total. The van der Waals surface area contributed by atoms with Crippen LogP contribution in [-0.4, -0.2) is 34.0 Å². The van der Waals surface area contributed by atoms with Gasteiger partial charge in [0.05, 0.1) is 11.2 Å². The summed E-state index contributed by atoms with van der Waals surface area (Å²) in [5.41, 5.74) is 4.48. The Kier molecular flexibility index (Phi) is 6.21. The Morgan fingerprint density at radius 1 is 0.744 bits per heavy atom. The number of fused-ring (bicyclic) bond motifs is 2. The molecular formula is C33H25N3O3. The van der Waals surface area contributed by atoms with Gasteiger partial charge in [0, 0.05) is 40.4 Å². The molecule has 4 aromatic carbocycles. The number of imide groups is 1. The summed E-state index contributed by atoms with van der Waals surface area (Å²) in [4.78, 5) is 47.3. The lowest BCUT2D eigenvalue weighted by atomic mass is 10.0. The second-order valence-corrected chi connectivity index (χ2v) is 9.51. The summed E-state index contributed by atoms with van der Waals surface area (Å²) >= 11 is 0. The minimum atomic E-state index is -0.851. The number of rotatable bonds is 4. The molecule has 39 heavy (non-hydrogen) atoms. The number of carbonyl (C=O) groups is 3. The van der Waals surface area contributed by atoms with Gasteiger partial charge in [-0.3, -0.25) is 23.9 Å². The summed E-state index contributed by atoms with van der Waals surface area (Å²) < 4.78 is 1.62. The van der Waals surface area contributed by atoms with E-state index < -0.39 is 17.9 Å². The minimum absolute atomic E-state index is 0.154. The van der Waals surface area contributed by atoms with Crippen molar-refractivity contribution in [3.8, 4) is 0 Å². The third kappa shape index (κ3) is 4.36. The Bertz CT molecular complexity index is 1750. The Labute approximate surface area is 225 Å². The van der Waals surface area contributed by atoms with Crippen LogP contribution in [0.2, 0.25) is 0 Å². The van der Waals surface area contributed by atoms with E-state index in [2.05, 4.69) is 0 Å². The lowest BCUT2D eigenvalue weighted by molar-refractivity contribution is -0.119. The van der Waals surface area contributed by atoms with Crippen molar-refractivity contribution in [2.24, 2.45) is 4.99 Å². The summed E-state index contributed by atoms with van der Waals surface area (Å²) in [7, 11) is 0. The molecule has 0 bridgehead atoms. The smallest absolute Gasteiger partial charge is 0.265 e. The average molecular weight is 512 g/mol. The second-order valence-electron chi connectivity index (χ2n) is 9.51. The van der Waals surface area contributed by atoms with Crippen LogP contribution in [0.15, 0.2) is 120 Å². The quantitative estimate of drug-likeness (QED) is 0.281. The van der Waals surface area contributed by atoms with E-state index in [0.29, 0.717) is 22.5 Å². The standard InChI is InChI=1S/C33H25N3O3/c1-22-26-16-8-11-19-30(26)36(32(38)24-14-6-3-7-15-24)33(39)28(34-22)20-25-21-35(29-18-10-9-17-27(25)29)31(37)23-12-4-2-5-13-23/h2-19,21,28H,20H2,1H3. The number of benzene rings is 4. The summed E-state index contributed by atoms with van der Waals surface area (Å²) in [6, 6.07) is 32.0. The second kappa shape index (κ2) is 9.99. The van der Waals surface area contributed by atoms with Crippen molar-refractivity contribution in [2.45, 2.75) is 19.4 Å². The van der Waals surface area contributed by atoms with E-state index >= 15 is 0 Å². The zero-order chi connectivity index (χ0) is 26.9. The molecule has 0 saturated heterocycles. The van der Waals surface area contributed by atoms with Gasteiger partial charge >= 0.3 is 0 Å². The van der Waals surface area contributed by atoms with Crippen molar-refractivity contribution < 1.29 is 14.4 Å².